The van der Waals surface area contributed by atoms with E-state index >= 15 is 0 Å². The van der Waals surface area contributed by atoms with Crippen LogP contribution in [-0.4, -0.2) is 43.7 Å². The summed E-state index contributed by atoms with van der Waals surface area (Å²) in [7, 11) is -4.46. The molecule has 4 rings (SSSR count). The van der Waals surface area contributed by atoms with E-state index in [0.29, 0.717) is 48.9 Å². The number of nitrogens with zero attached hydrogens (tertiary/aromatic N) is 1. The highest BCUT2D eigenvalue weighted by Gasteiger charge is 2.39. The van der Waals surface area contributed by atoms with Gasteiger partial charge in [-0.2, -0.15) is 13.2 Å². The van der Waals surface area contributed by atoms with E-state index in [1.54, 1.807) is 26.8 Å². The number of carbonyl (C=O) groups excluding carboxylic acids is 1. The zero-order valence-corrected chi connectivity index (χ0v) is 25.3. The van der Waals surface area contributed by atoms with Crippen molar-refractivity contribution in [1.82, 2.24) is 14.6 Å². The third-order valence-electron chi connectivity index (χ3n) is 8.14. The first-order valence-corrected chi connectivity index (χ1v) is 15.9. The number of alkyl halides is 3. The van der Waals surface area contributed by atoms with Gasteiger partial charge >= 0.3 is 6.18 Å². The van der Waals surface area contributed by atoms with Crippen molar-refractivity contribution >= 4 is 15.9 Å². The molecule has 41 heavy (non-hydrogen) atoms. The molecule has 2 heterocycles. The third-order valence-corrected chi connectivity index (χ3v) is 9.96. The van der Waals surface area contributed by atoms with Crippen molar-refractivity contribution in [3.8, 4) is 11.3 Å². The molecule has 1 saturated carbocycles. The molecule has 11 heteroatoms. The Morgan fingerprint density at radius 1 is 1.02 bits per heavy atom. The van der Waals surface area contributed by atoms with Crippen LogP contribution in [0.25, 0.3) is 11.3 Å². The molecule has 1 atom stereocenters. The highest BCUT2D eigenvalue weighted by Crippen LogP contribution is 2.41. The smallest absolute Gasteiger partial charge is 0.381 e. The topological polar surface area (TPSA) is 89.4 Å². The lowest BCUT2D eigenvalue weighted by Gasteiger charge is -2.31. The van der Waals surface area contributed by atoms with E-state index in [4.69, 9.17) is 4.74 Å². The number of rotatable bonds is 7. The predicted molar refractivity (Wildman–Crippen MR) is 152 cm³/mol. The molecule has 1 saturated heterocycles. The van der Waals surface area contributed by atoms with Gasteiger partial charge in [0.15, 0.2) is 0 Å². The number of aromatic nitrogens is 1. The van der Waals surface area contributed by atoms with Gasteiger partial charge in [-0.1, -0.05) is 25.3 Å². The molecule has 2 N–H and O–H groups in total. The molecular weight excluding hydrogens is 555 g/mol. The lowest BCUT2D eigenvalue weighted by Crippen LogP contribution is -2.41. The molecule has 1 aliphatic heterocycles. The maximum Gasteiger partial charge on any atom is 0.417 e. The molecule has 0 radical (unpaired) electrons. The third kappa shape index (κ3) is 7.35. The first-order chi connectivity index (χ1) is 19.1. The summed E-state index contributed by atoms with van der Waals surface area (Å²) in [5, 5.41) is 3.07. The van der Waals surface area contributed by atoms with Crippen molar-refractivity contribution in [2.45, 2.75) is 108 Å². The summed E-state index contributed by atoms with van der Waals surface area (Å²) in [6, 6.07) is 4.89. The van der Waals surface area contributed by atoms with Crippen LogP contribution in [-0.2, 0) is 20.9 Å². The van der Waals surface area contributed by atoms with Gasteiger partial charge in [-0.3, -0.25) is 4.79 Å². The Labute approximate surface area is 241 Å². The number of hydrogen-bond acceptors (Lipinski definition) is 4. The molecule has 1 amide bonds. The SMILES string of the molecule is Cc1c(C(=O)NC2CCOCC2)cc(-c2ccc(S(=O)(=O)NC(C)(C)C)c(C(F)(F)F)c2)n1[C@@H](C)C1CCCCC1. The van der Waals surface area contributed by atoms with Gasteiger partial charge in [0.2, 0.25) is 10.0 Å². The van der Waals surface area contributed by atoms with Crippen LogP contribution in [0.4, 0.5) is 13.2 Å². The quantitative estimate of drug-likeness (QED) is 0.376. The largest absolute Gasteiger partial charge is 0.417 e. The standard InChI is InChI=1S/C30H42F3N3O4S/c1-19(21-9-7-6-8-10-21)36-20(2)24(28(37)34-23-13-15-40-16-14-23)18-26(36)22-11-12-27(25(17-22)30(31,32)33)41(38,39)35-29(3,4)5/h11-12,17-19,21,23,35H,6-10,13-16H2,1-5H3,(H,34,37)/t19-/m0/s1. The zero-order valence-electron chi connectivity index (χ0n) is 24.5. The van der Waals surface area contributed by atoms with E-state index in [9.17, 15) is 26.4 Å². The summed E-state index contributed by atoms with van der Waals surface area (Å²) in [6.07, 6.45) is 1.83. The molecular formula is C30H42F3N3O4S. The number of benzene rings is 1. The van der Waals surface area contributed by atoms with E-state index in [2.05, 4.69) is 17.0 Å². The van der Waals surface area contributed by atoms with Crippen molar-refractivity contribution in [1.29, 1.82) is 0 Å². The first kappa shape index (κ1) is 31.6. The van der Waals surface area contributed by atoms with Crippen LogP contribution in [0.2, 0.25) is 0 Å². The minimum absolute atomic E-state index is 0.0325. The number of nitrogens with one attached hydrogen (secondary N) is 2. The summed E-state index contributed by atoms with van der Waals surface area (Å²) in [6.45, 7) is 9.73. The molecule has 0 unspecified atom stereocenters. The molecule has 1 aromatic heterocycles. The second-order valence-corrected chi connectivity index (χ2v) is 14.1. The Morgan fingerprint density at radius 3 is 2.24 bits per heavy atom. The van der Waals surface area contributed by atoms with Crippen LogP contribution in [0.5, 0.6) is 0 Å². The van der Waals surface area contributed by atoms with Gasteiger partial charge in [0.1, 0.15) is 0 Å². The molecule has 2 aliphatic rings. The Balaban J connectivity index is 1.83. The maximum atomic E-state index is 14.4. The molecule has 2 aromatic rings. The lowest BCUT2D eigenvalue weighted by molar-refractivity contribution is -0.139. The van der Waals surface area contributed by atoms with E-state index in [1.807, 2.05) is 11.5 Å². The second kappa shape index (κ2) is 12.1. The Bertz CT molecular complexity index is 1350. The van der Waals surface area contributed by atoms with Crippen molar-refractivity contribution in [2.75, 3.05) is 13.2 Å². The molecule has 1 aliphatic carbocycles. The molecule has 228 valence electrons. The van der Waals surface area contributed by atoms with Crippen molar-refractivity contribution < 1.29 is 31.1 Å². The Morgan fingerprint density at radius 2 is 1.66 bits per heavy atom. The van der Waals surface area contributed by atoms with Crippen LogP contribution in [0.1, 0.15) is 100 Å². The van der Waals surface area contributed by atoms with Gasteiger partial charge in [-0.05, 0) is 90.0 Å². The maximum absolute atomic E-state index is 14.4. The fourth-order valence-corrected chi connectivity index (χ4v) is 7.76. The van der Waals surface area contributed by atoms with Gasteiger partial charge in [0.25, 0.3) is 5.91 Å². The highest BCUT2D eigenvalue weighted by molar-refractivity contribution is 7.89. The second-order valence-electron chi connectivity index (χ2n) is 12.5. The fraction of sp³-hybridized carbons (Fsp3) is 0.633. The monoisotopic (exact) mass is 597 g/mol. The molecule has 0 spiro atoms. The van der Waals surface area contributed by atoms with Crippen LogP contribution >= 0.6 is 0 Å². The van der Waals surface area contributed by atoms with Gasteiger partial charge < -0.3 is 14.6 Å². The molecule has 7 nitrogen and oxygen atoms in total. The Kier molecular flexibility index (Phi) is 9.31. The summed E-state index contributed by atoms with van der Waals surface area (Å²) in [5.74, 6) is 0.0487. The Hall–Kier alpha value is -2.37. The normalized spacial score (nSPS) is 18.8. The zero-order chi connectivity index (χ0) is 30.2. The van der Waals surface area contributed by atoms with E-state index in [1.165, 1.54) is 6.07 Å². The summed E-state index contributed by atoms with van der Waals surface area (Å²) in [4.78, 5) is 12.6. The van der Waals surface area contributed by atoms with E-state index in [0.717, 1.165) is 44.2 Å². The number of halogens is 3. The number of amides is 1. The average Bonchev–Trinajstić information content (AvgIpc) is 3.24. The molecule has 1 aromatic carbocycles. The van der Waals surface area contributed by atoms with Crippen LogP contribution in [0.15, 0.2) is 29.2 Å². The van der Waals surface area contributed by atoms with E-state index < -0.39 is 32.2 Å². The van der Waals surface area contributed by atoms with Crippen molar-refractivity contribution in [2.24, 2.45) is 5.92 Å². The predicted octanol–water partition coefficient (Wildman–Crippen LogP) is 6.61. The number of ether oxygens (including phenoxy) is 1. The van der Waals surface area contributed by atoms with Gasteiger partial charge in [-0.15, -0.1) is 0 Å². The fourth-order valence-electron chi connectivity index (χ4n) is 6.13. The molecule has 2 fully saturated rings. The lowest BCUT2D eigenvalue weighted by atomic mass is 9.84. The van der Waals surface area contributed by atoms with Crippen molar-refractivity contribution in [3.63, 3.8) is 0 Å². The van der Waals surface area contributed by atoms with Gasteiger partial charge in [0, 0.05) is 42.2 Å². The number of hydrogen-bond donors (Lipinski definition) is 2. The van der Waals surface area contributed by atoms with Gasteiger partial charge in [-0.25, -0.2) is 13.1 Å². The molecule has 0 bridgehead atoms. The first-order valence-electron chi connectivity index (χ1n) is 14.4. The van der Waals surface area contributed by atoms with Crippen molar-refractivity contribution in [3.05, 3.63) is 41.1 Å². The number of carbonyl (C=O) groups is 1. The van der Waals surface area contributed by atoms with Crippen LogP contribution in [0, 0.1) is 12.8 Å². The highest BCUT2D eigenvalue weighted by atomic mass is 32.2. The van der Waals surface area contributed by atoms with Gasteiger partial charge in [0.05, 0.1) is 16.0 Å². The van der Waals surface area contributed by atoms with E-state index in [-0.39, 0.29) is 23.6 Å². The van der Waals surface area contributed by atoms with Crippen LogP contribution in [0.3, 0.4) is 0 Å². The summed E-state index contributed by atoms with van der Waals surface area (Å²) >= 11 is 0. The average molecular weight is 598 g/mol. The summed E-state index contributed by atoms with van der Waals surface area (Å²) in [5.41, 5.74) is -0.431. The summed E-state index contributed by atoms with van der Waals surface area (Å²) < 4.78 is 78.8. The van der Waals surface area contributed by atoms with Crippen LogP contribution < -0.4 is 10.0 Å². The minimum Gasteiger partial charge on any atom is -0.381 e. The number of sulfonamides is 1. The minimum atomic E-state index is -4.91.